The van der Waals surface area contributed by atoms with Gasteiger partial charge in [-0.25, -0.2) is 10.8 Å². The van der Waals surface area contributed by atoms with Gasteiger partial charge in [0, 0.05) is 5.39 Å². The van der Waals surface area contributed by atoms with E-state index in [2.05, 4.69) is 20.7 Å². The summed E-state index contributed by atoms with van der Waals surface area (Å²) in [5, 5.41) is 4.29. The van der Waals surface area contributed by atoms with Crippen LogP contribution in [0.3, 0.4) is 0 Å². The molecular weight excluding hydrogens is 250 g/mol. The summed E-state index contributed by atoms with van der Waals surface area (Å²) in [5.41, 5.74) is 4.50. The minimum absolute atomic E-state index is 0.377. The number of hydrazine groups is 1. The van der Waals surface area contributed by atoms with E-state index in [1.807, 2.05) is 30.3 Å². The van der Waals surface area contributed by atoms with E-state index in [0.29, 0.717) is 12.0 Å². The molecule has 0 radical (unpaired) electrons. The summed E-state index contributed by atoms with van der Waals surface area (Å²) in [6, 6.07) is 10.4. The number of nitrogens with two attached hydrogens (primary N) is 1. The van der Waals surface area contributed by atoms with Gasteiger partial charge in [-0.05, 0) is 25.0 Å². The number of para-hydroxylation sites is 1. The molecule has 1 saturated carbocycles. The number of anilines is 1. The molecule has 0 spiro atoms. The summed E-state index contributed by atoms with van der Waals surface area (Å²) >= 11 is 0. The standard InChI is InChI=1S/C15H19N5/c16-20-15(18-12-6-2-3-7-12)19-13-9-11-5-1-4-8-14(11)17-10-13/h1,4-5,8-10,12H,2-3,6-7,16H2,(H2,18,19,20). The Bertz CT molecular complexity index is 616. The van der Waals surface area contributed by atoms with E-state index in [1.54, 1.807) is 6.20 Å². The number of benzene rings is 1. The lowest BCUT2D eigenvalue weighted by Gasteiger charge is -2.12. The smallest absolute Gasteiger partial charge is 0.210 e. The highest BCUT2D eigenvalue weighted by molar-refractivity contribution is 5.95. The molecule has 0 aliphatic heterocycles. The van der Waals surface area contributed by atoms with Gasteiger partial charge in [0.2, 0.25) is 5.96 Å². The van der Waals surface area contributed by atoms with Crippen LogP contribution in [0.2, 0.25) is 0 Å². The molecule has 5 heteroatoms. The topological polar surface area (TPSA) is 75.3 Å². The fourth-order valence-electron chi connectivity index (χ4n) is 2.60. The number of pyridine rings is 1. The van der Waals surface area contributed by atoms with Crippen LogP contribution in [0.25, 0.3) is 10.9 Å². The second-order valence-corrected chi connectivity index (χ2v) is 5.10. The van der Waals surface area contributed by atoms with E-state index in [-0.39, 0.29) is 0 Å². The molecule has 0 bridgehead atoms. The molecule has 5 nitrogen and oxygen atoms in total. The molecule has 0 saturated heterocycles. The Balaban J connectivity index is 1.79. The SMILES string of the molecule is NNC(=NC1CCCC1)Nc1cnc2ccccc2c1. The van der Waals surface area contributed by atoms with Crippen molar-refractivity contribution in [3.63, 3.8) is 0 Å². The van der Waals surface area contributed by atoms with Gasteiger partial charge in [-0.3, -0.25) is 10.4 Å². The van der Waals surface area contributed by atoms with E-state index >= 15 is 0 Å². The Morgan fingerprint density at radius 3 is 2.85 bits per heavy atom. The second kappa shape index (κ2) is 5.88. The zero-order valence-corrected chi connectivity index (χ0v) is 11.3. The number of aromatic nitrogens is 1. The minimum atomic E-state index is 0.377. The molecule has 4 N–H and O–H groups in total. The Labute approximate surface area is 118 Å². The summed E-state index contributed by atoms with van der Waals surface area (Å²) in [6.45, 7) is 0. The number of hydrogen-bond donors (Lipinski definition) is 3. The zero-order valence-electron chi connectivity index (χ0n) is 11.3. The third kappa shape index (κ3) is 2.88. The monoisotopic (exact) mass is 269 g/mol. The number of nitrogens with one attached hydrogen (secondary N) is 2. The van der Waals surface area contributed by atoms with Crippen LogP contribution in [0.5, 0.6) is 0 Å². The van der Waals surface area contributed by atoms with Crippen LogP contribution in [-0.4, -0.2) is 17.0 Å². The minimum Gasteiger partial charge on any atom is -0.324 e. The average Bonchev–Trinajstić information content (AvgIpc) is 2.99. The van der Waals surface area contributed by atoms with Gasteiger partial charge in [-0.1, -0.05) is 31.0 Å². The van der Waals surface area contributed by atoms with Gasteiger partial charge in [-0.15, -0.1) is 0 Å². The molecule has 1 aliphatic carbocycles. The molecule has 1 heterocycles. The maximum absolute atomic E-state index is 5.55. The number of guanidine groups is 1. The van der Waals surface area contributed by atoms with Crippen molar-refractivity contribution in [1.29, 1.82) is 0 Å². The lowest BCUT2D eigenvalue weighted by Crippen LogP contribution is -2.37. The molecular formula is C15H19N5. The van der Waals surface area contributed by atoms with E-state index in [4.69, 9.17) is 5.84 Å². The quantitative estimate of drug-likeness (QED) is 0.339. The number of nitrogens with zero attached hydrogens (tertiary/aromatic N) is 2. The Kier molecular flexibility index (Phi) is 3.78. The summed E-state index contributed by atoms with van der Waals surface area (Å²) < 4.78 is 0. The molecule has 20 heavy (non-hydrogen) atoms. The van der Waals surface area contributed by atoms with Crippen LogP contribution >= 0.6 is 0 Å². The van der Waals surface area contributed by atoms with Crippen LogP contribution in [0.15, 0.2) is 41.5 Å². The van der Waals surface area contributed by atoms with Crippen molar-refractivity contribution in [2.75, 3.05) is 5.32 Å². The van der Waals surface area contributed by atoms with Crippen molar-refractivity contribution in [3.05, 3.63) is 36.5 Å². The Hall–Kier alpha value is -2.14. The van der Waals surface area contributed by atoms with Crippen molar-refractivity contribution < 1.29 is 0 Å². The van der Waals surface area contributed by atoms with Crippen molar-refractivity contribution >= 4 is 22.5 Å². The number of aliphatic imine (C=N–C) groups is 1. The zero-order chi connectivity index (χ0) is 13.8. The first-order valence-corrected chi connectivity index (χ1v) is 7.01. The van der Waals surface area contributed by atoms with Crippen molar-refractivity contribution in [3.8, 4) is 0 Å². The average molecular weight is 269 g/mol. The first-order valence-electron chi connectivity index (χ1n) is 7.01. The normalized spacial score (nSPS) is 16.6. The summed E-state index contributed by atoms with van der Waals surface area (Å²) in [5.74, 6) is 6.15. The Morgan fingerprint density at radius 1 is 1.25 bits per heavy atom. The van der Waals surface area contributed by atoms with Crippen molar-refractivity contribution in [2.24, 2.45) is 10.8 Å². The maximum atomic E-state index is 5.55. The van der Waals surface area contributed by atoms with Crippen LogP contribution in [0.4, 0.5) is 5.69 Å². The summed E-state index contributed by atoms with van der Waals surface area (Å²) in [7, 11) is 0. The van der Waals surface area contributed by atoms with E-state index < -0.39 is 0 Å². The molecule has 3 rings (SSSR count). The highest BCUT2D eigenvalue weighted by atomic mass is 15.3. The van der Waals surface area contributed by atoms with Crippen LogP contribution in [0, 0.1) is 0 Å². The number of hydrogen-bond acceptors (Lipinski definition) is 3. The molecule has 0 unspecified atom stereocenters. The molecule has 1 aromatic carbocycles. The van der Waals surface area contributed by atoms with Crippen LogP contribution in [0.1, 0.15) is 25.7 Å². The highest BCUT2D eigenvalue weighted by Gasteiger charge is 2.14. The third-order valence-corrected chi connectivity index (χ3v) is 3.63. The summed E-state index contributed by atoms with van der Waals surface area (Å²) in [6.07, 6.45) is 6.59. The predicted octanol–water partition coefficient (Wildman–Crippen LogP) is 2.41. The first kappa shape index (κ1) is 12.9. The van der Waals surface area contributed by atoms with Gasteiger partial charge in [0.25, 0.3) is 0 Å². The molecule has 1 aliphatic rings. The van der Waals surface area contributed by atoms with Gasteiger partial charge >= 0.3 is 0 Å². The third-order valence-electron chi connectivity index (χ3n) is 3.63. The van der Waals surface area contributed by atoms with Gasteiger partial charge in [-0.2, -0.15) is 0 Å². The molecule has 2 aromatic rings. The van der Waals surface area contributed by atoms with Gasteiger partial charge in [0.15, 0.2) is 0 Å². The molecule has 104 valence electrons. The van der Waals surface area contributed by atoms with Gasteiger partial charge in [0.05, 0.1) is 23.4 Å². The predicted molar refractivity (Wildman–Crippen MR) is 82.4 cm³/mol. The van der Waals surface area contributed by atoms with E-state index in [1.165, 1.54) is 12.8 Å². The molecule has 0 amide bonds. The number of fused-ring (bicyclic) bond motifs is 1. The van der Waals surface area contributed by atoms with Crippen LogP contribution in [-0.2, 0) is 0 Å². The van der Waals surface area contributed by atoms with E-state index in [9.17, 15) is 0 Å². The Morgan fingerprint density at radius 2 is 2.05 bits per heavy atom. The van der Waals surface area contributed by atoms with Crippen molar-refractivity contribution in [1.82, 2.24) is 10.4 Å². The fourth-order valence-corrected chi connectivity index (χ4v) is 2.60. The van der Waals surface area contributed by atoms with Gasteiger partial charge < -0.3 is 5.32 Å². The highest BCUT2D eigenvalue weighted by Crippen LogP contribution is 2.21. The molecule has 1 fully saturated rings. The largest absolute Gasteiger partial charge is 0.324 e. The first-order chi connectivity index (χ1) is 9.85. The second-order valence-electron chi connectivity index (χ2n) is 5.10. The lowest BCUT2D eigenvalue weighted by atomic mass is 10.2. The number of rotatable bonds is 2. The fraction of sp³-hybridized carbons (Fsp3) is 0.333. The lowest BCUT2D eigenvalue weighted by molar-refractivity contribution is 0.700. The van der Waals surface area contributed by atoms with Gasteiger partial charge in [0.1, 0.15) is 0 Å². The molecule has 0 atom stereocenters. The maximum Gasteiger partial charge on any atom is 0.210 e. The molecule has 1 aromatic heterocycles. The summed E-state index contributed by atoms with van der Waals surface area (Å²) in [4.78, 5) is 9.03. The van der Waals surface area contributed by atoms with Crippen molar-refractivity contribution in [2.45, 2.75) is 31.7 Å². The van der Waals surface area contributed by atoms with E-state index in [0.717, 1.165) is 29.4 Å². The van der Waals surface area contributed by atoms with Crippen LogP contribution < -0.4 is 16.6 Å².